The standard InChI is InChI=1S/C21H23N3O5S/c1-20(2)11-14-10-16(8-9-17(14)29-20)30(27,28)22-12-13-4-6-15(7-5-13)21(3)18(25)23-19(26)24-21/h4-10,22H,11-12H2,1-3H3,(H2,23,24,25,26). The first-order chi connectivity index (χ1) is 14.0. The molecule has 2 aromatic rings. The number of benzene rings is 2. The number of carbonyl (C=O) groups is 2. The van der Waals surface area contributed by atoms with Crippen molar-refractivity contribution in [2.24, 2.45) is 0 Å². The summed E-state index contributed by atoms with van der Waals surface area (Å²) in [6.07, 6.45) is 0.649. The van der Waals surface area contributed by atoms with Crippen LogP contribution in [0.15, 0.2) is 47.4 Å². The van der Waals surface area contributed by atoms with Crippen molar-refractivity contribution in [1.29, 1.82) is 0 Å². The first-order valence-corrected chi connectivity index (χ1v) is 11.0. The van der Waals surface area contributed by atoms with Crippen LogP contribution in [0.5, 0.6) is 5.75 Å². The van der Waals surface area contributed by atoms with E-state index in [1.165, 1.54) is 6.07 Å². The number of carbonyl (C=O) groups excluding carboxylic acids is 2. The predicted octanol–water partition coefficient (Wildman–Crippen LogP) is 1.93. The Bertz CT molecular complexity index is 1140. The lowest BCUT2D eigenvalue weighted by Gasteiger charge is -2.21. The number of amides is 3. The zero-order chi connectivity index (χ0) is 21.7. The molecule has 0 saturated carbocycles. The van der Waals surface area contributed by atoms with E-state index in [1.54, 1.807) is 43.3 Å². The topological polar surface area (TPSA) is 114 Å². The Morgan fingerprint density at radius 2 is 1.77 bits per heavy atom. The van der Waals surface area contributed by atoms with Gasteiger partial charge in [-0.3, -0.25) is 10.1 Å². The molecule has 0 radical (unpaired) electrons. The summed E-state index contributed by atoms with van der Waals surface area (Å²) >= 11 is 0. The number of sulfonamides is 1. The molecule has 2 aliphatic heterocycles. The van der Waals surface area contributed by atoms with Gasteiger partial charge in [0.1, 0.15) is 16.9 Å². The minimum atomic E-state index is -3.70. The maximum absolute atomic E-state index is 12.7. The molecule has 2 aromatic carbocycles. The van der Waals surface area contributed by atoms with Crippen molar-refractivity contribution in [3.05, 3.63) is 59.2 Å². The van der Waals surface area contributed by atoms with E-state index in [1.807, 2.05) is 13.8 Å². The molecule has 1 saturated heterocycles. The van der Waals surface area contributed by atoms with Crippen LogP contribution in [-0.4, -0.2) is 26.0 Å². The van der Waals surface area contributed by atoms with Gasteiger partial charge >= 0.3 is 6.03 Å². The molecule has 0 aliphatic carbocycles. The second-order valence-electron chi connectivity index (χ2n) is 8.36. The van der Waals surface area contributed by atoms with Crippen molar-refractivity contribution >= 4 is 22.0 Å². The van der Waals surface area contributed by atoms with Gasteiger partial charge in [0.15, 0.2) is 0 Å². The highest BCUT2D eigenvalue weighted by Gasteiger charge is 2.43. The van der Waals surface area contributed by atoms with Crippen LogP contribution in [0.4, 0.5) is 4.79 Å². The van der Waals surface area contributed by atoms with Crippen LogP contribution in [0, 0.1) is 0 Å². The van der Waals surface area contributed by atoms with Gasteiger partial charge in [0, 0.05) is 13.0 Å². The van der Waals surface area contributed by atoms with E-state index >= 15 is 0 Å². The van der Waals surface area contributed by atoms with Gasteiger partial charge in [-0.15, -0.1) is 0 Å². The summed E-state index contributed by atoms with van der Waals surface area (Å²) < 4.78 is 33.8. The Morgan fingerprint density at radius 3 is 2.40 bits per heavy atom. The zero-order valence-corrected chi connectivity index (χ0v) is 17.7. The summed E-state index contributed by atoms with van der Waals surface area (Å²) in [6.45, 7) is 5.63. The number of rotatable bonds is 5. The molecule has 0 aromatic heterocycles. The molecule has 158 valence electrons. The summed E-state index contributed by atoms with van der Waals surface area (Å²) in [6, 6.07) is 11.2. The minimum absolute atomic E-state index is 0.0942. The average molecular weight is 429 g/mol. The third kappa shape index (κ3) is 3.66. The first kappa shape index (κ1) is 20.4. The van der Waals surface area contributed by atoms with Crippen molar-refractivity contribution < 1.29 is 22.7 Å². The smallest absolute Gasteiger partial charge is 0.322 e. The SMILES string of the molecule is CC1(C)Cc2cc(S(=O)(=O)NCc3ccc(C4(C)NC(=O)NC4=O)cc3)ccc2O1. The van der Waals surface area contributed by atoms with Gasteiger partial charge in [-0.2, -0.15) is 0 Å². The number of ether oxygens (including phenoxy) is 1. The third-order valence-electron chi connectivity index (χ3n) is 5.39. The fourth-order valence-electron chi connectivity index (χ4n) is 3.72. The molecular weight excluding hydrogens is 406 g/mol. The average Bonchev–Trinajstić information content (AvgIpc) is 3.13. The highest BCUT2D eigenvalue weighted by Crippen LogP contribution is 2.36. The lowest BCUT2D eigenvalue weighted by atomic mass is 9.91. The second kappa shape index (κ2) is 6.82. The molecule has 2 heterocycles. The van der Waals surface area contributed by atoms with Crippen LogP contribution in [-0.2, 0) is 33.3 Å². The molecule has 0 bridgehead atoms. The monoisotopic (exact) mass is 429 g/mol. The van der Waals surface area contributed by atoms with Crippen LogP contribution in [0.1, 0.15) is 37.5 Å². The van der Waals surface area contributed by atoms with Crippen molar-refractivity contribution in [3.8, 4) is 5.75 Å². The predicted molar refractivity (Wildman–Crippen MR) is 109 cm³/mol. The summed E-state index contributed by atoms with van der Waals surface area (Å²) in [7, 11) is -3.70. The van der Waals surface area contributed by atoms with E-state index in [0.717, 1.165) is 11.1 Å². The molecule has 1 atom stereocenters. The van der Waals surface area contributed by atoms with E-state index in [2.05, 4.69) is 15.4 Å². The largest absolute Gasteiger partial charge is 0.487 e. The molecule has 1 unspecified atom stereocenters. The molecule has 1 fully saturated rings. The Kier molecular flexibility index (Phi) is 4.63. The molecule has 2 aliphatic rings. The lowest BCUT2D eigenvalue weighted by Crippen LogP contribution is -2.40. The van der Waals surface area contributed by atoms with Gasteiger partial charge in [-0.05, 0) is 55.7 Å². The van der Waals surface area contributed by atoms with Crippen molar-refractivity contribution in [3.63, 3.8) is 0 Å². The van der Waals surface area contributed by atoms with E-state index in [0.29, 0.717) is 17.7 Å². The van der Waals surface area contributed by atoms with Crippen LogP contribution in [0.25, 0.3) is 0 Å². The number of urea groups is 1. The maximum atomic E-state index is 12.7. The summed E-state index contributed by atoms with van der Waals surface area (Å²) in [5.41, 5.74) is 0.721. The molecular formula is C21H23N3O5S. The molecule has 3 N–H and O–H groups in total. The van der Waals surface area contributed by atoms with E-state index in [4.69, 9.17) is 4.74 Å². The lowest BCUT2D eigenvalue weighted by molar-refractivity contribution is -0.123. The number of nitrogens with one attached hydrogen (secondary N) is 3. The summed E-state index contributed by atoms with van der Waals surface area (Å²) in [5, 5.41) is 4.82. The fourth-order valence-corrected chi connectivity index (χ4v) is 4.79. The maximum Gasteiger partial charge on any atom is 0.322 e. The van der Waals surface area contributed by atoms with Crippen LogP contribution in [0.2, 0.25) is 0 Å². The number of hydrogen-bond acceptors (Lipinski definition) is 5. The second-order valence-corrected chi connectivity index (χ2v) is 10.1. The normalized spacial score (nSPS) is 22.2. The van der Waals surface area contributed by atoms with Gasteiger partial charge in [-0.1, -0.05) is 24.3 Å². The Hall–Kier alpha value is -2.91. The Balaban J connectivity index is 1.46. The van der Waals surface area contributed by atoms with Gasteiger partial charge in [0.25, 0.3) is 5.91 Å². The fraction of sp³-hybridized carbons (Fsp3) is 0.333. The van der Waals surface area contributed by atoms with E-state index in [9.17, 15) is 18.0 Å². The summed E-state index contributed by atoms with van der Waals surface area (Å²) in [4.78, 5) is 23.7. The molecule has 3 amide bonds. The highest BCUT2D eigenvalue weighted by atomic mass is 32.2. The number of imide groups is 1. The Labute approximate surface area is 175 Å². The highest BCUT2D eigenvalue weighted by molar-refractivity contribution is 7.89. The van der Waals surface area contributed by atoms with Gasteiger partial charge in [-0.25, -0.2) is 17.9 Å². The number of fused-ring (bicyclic) bond motifs is 1. The van der Waals surface area contributed by atoms with Gasteiger partial charge in [0.2, 0.25) is 10.0 Å². The van der Waals surface area contributed by atoms with Crippen molar-refractivity contribution in [2.45, 2.75) is 49.8 Å². The molecule has 8 nitrogen and oxygen atoms in total. The van der Waals surface area contributed by atoms with E-state index < -0.39 is 27.5 Å². The zero-order valence-electron chi connectivity index (χ0n) is 16.9. The third-order valence-corrected chi connectivity index (χ3v) is 6.79. The first-order valence-electron chi connectivity index (χ1n) is 9.53. The van der Waals surface area contributed by atoms with Crippen LogP contribution in [0.3, 0.4) is 0 Å². The minimum Gasteiger partial charge on any atom is -0.487 e. The number of hydrogen-bond donors (Lipinski definition) is 3. The van der Waals surface area contributed by atoms with Gasteiger partial charge in [0.05, 0.1) is 4.90 Å². The van der Waals surface area contributed by atoms with Crippen molar-refractivity contribution in [2.75, 3.05) is 0 Å². The summed E-state index contributed by atoms with van der Waals surface area (Å²) in [5.74, 6) is 0.288. The molecule has 4 rings (SSSR count). The molecule has 30 heavy (non-hydrogen) atoms. The van der Waals surface area contributed by atoms with E-state index in [-0.39, 0.29) is 17.0 Å². The van der Waals surface area contributed by atoms with Gasteiger partial charge < -0.3 is 10.1 Å². The van der Waals surface area contributed by atoms with Crippen LogP contribution >= 0.6 is 0 Å². The Morgan fingerprint density at radius 1 is 1.07 bits per heavy atom. The molecule has 0 spiro atoms. The molecule has 9 heteroatoms. The van der Waals surface area contributed by atoms with Crippen molar-refractivity contribution in [1.82, 2.24) is 15.4 Å². The quantitative estimate of drug-likeness (QED) is 0.629. The van der Waals surface area contributed by atoms with Crippen LogP contribution < -0.4 is 20.1 Å².